The zero-order valence-electron chi connectivity index (χ0n) is 6.30. The maximum Gasteiger partial charge on any atom is 0.219 e. The van der Waals surface area contributed by atoms with Crippen molar-refractivity contribution >= 4 is 28.5 Å². The lowest BCUT2D eigenvalue weighted by molar-refractivity contribution is -0.127. The minimum atomic E-state index is 0.109. The second kappa shape index (κ2) is 5.70. The summed E-state index contributed by atoms with van der Waals surface area (Å²) in [4.78, 5) is 12.3. The van der Waals surface area contributed by atoms with Crippen LogP contribution in [0.25, 0.3) is 0 Å². The van der Waals surface area contributed by atoms with Gasteiger partial charge in [0.05, 0.1) is 0 Å². The SMILES string of the molecule is CC(=O)N(C)C/C=C\CI. The van der Waals surface area contributed by atoms with Gasteiger partial charge in [-0.25, -0.2) is 0 Å². The van der Waals surface area contributed by atoms with Gasteiger partial charge in [-0.15, -0.1) is 0 Å². The summed E-state index contributed by atoms with van der Waals surface area (Å²) in [5.41, 5.74) is 0. The lowest BCUT2D eigenvalue weighted by Crippen LogP contribution is -2.23. The Morgan fingerprint density at radius 3 is 2.60 bits per heavy atom. The molecule has 0 atom stereocenters. The first-order valence-corrected chi connectivity index (χ1v) is 4.63. The summed E-state index contributed by atoms with van der Waals surface area (Å²) in [6.07, 6.45) is 4.04. The molecule has 3 heteroatoms. The maximum absolute atomic E-state index is 10.6. The van der Waals surface area contributed by atoms with Gasteiger partial charge < -0.3 is 4.90 Å². The number of hydrogen-bond acceptors (Lipinski definition) is 1. The summed E-state index contributed by atoms with van der Waals surface area (Å²) in [6, 6.07) is 0. The predicted octanol–water partition coefficient (Wildman–Crippen LogP) is 1.46. The predicted molar refractivity (Wildman–Crippen MR) is 51.3 cm³/mol. The summed E-state index contributed by atoms with van der Waals surface area (Å²) in [5, 5.41) is 0. The number of hydrogen-bond donors (Lipinski definition) is 0. The first kappa shape index (κ1) is 9.94. The van der Waals surface area contributed by atoms with E-state index >= 15 is 0 Å². The third-order valence-electron chi connectivity index (χ3n) is 1.17. The van der Waals surface area contributed by atoms with Crippen molar-refractivity contribution in [2.24, 2.45) is 0 Å². The van der Waals surface area contributed by atoms with E-state index in [0.717, 1.165) is 11.0 Å². The largest absolute Gasteiger partial charge is 0.342 e. The summed E-state index contributed by atoms with van der Waals surface area (Å²) >= 11 is 2.26. The van der Waals surface area contributed by atoms with Gasteiger partial charge in [0.25, 0.3) is 0 Å². The van der Waals surface area contributed by atoms with E-state index in [1.807, 2.05) is 12.2 Å². The normalized spacial score (nSPS) is 10.3. The fraction of sp³-hybridized carbons (Fsp3) is 0.571. The van der Waals surface area contributed by atoms with Gasteiger partial charge in [-0.2, -0.15) is 0 Å². The molecule has 0 heterocycles. The number of allylic oxidation sites excluding steroid dienone is 1. The van der Waals surface area contributed by atoms with Gasteiger partial charge in [0.1, 0.15) is 0 Å². The summed E-state index contributed by atoms with van der Waals surface area (Å²) < 4.78 is 1.00. The van der Waals surface area contributed by atoms with Crippen LogP contribution < -0.4 is 0 Å². The molecular weight excluding hydrogens is 241 g/mol. The first-order chi connectivity index (χ1) is 4.68. The van der Waals surface area contributed by atoms with Crippen molar-refractivity contribution in [3.63, 3.8) is 0 Å². The number of carbonyl (C=O) groups excluding carboxylic acids is 1. The van der Waals surface area contributed by atoms with Crippen LogP contribution in [0.3, 0.4) is 0 Å². The third kappa shape index (κ3) is 4.78. The standard InChI is InChI=1S/C7H12INO/c1-7(10)9(2)6-4-3-5-8/h3-4H,5-6H2,1-2H3/b4-3-. The van der Waals surface area contributed by atoms with Gasteiger partial charge in [0.15, 0.2) is 0 Å². The van der Waals surface area contributed by atoms with E-state index < -0.39 is 0 Å². The lowest BCUT2D eigenvalue weighted by atomic mass is 10.4. The summed E-state index contributed by atoms with van der Waals surface area (Å²) in [5.74, 6) is 0.109. The topological polar surface area (TPSA) is 20.3 Å². The van der Waals surface area contributed by atoms with E-state index in [2.05, 4.69) is 22.6 Å². The van der Waals surface area contributed by atoms with Crippen molar-refractivity contribution in [3.05, 3.63) is 12.2 Å². The third-order valence-corrected chi connectivity index (χ3v) is 1.68. The molecule has 0 aromatic heterocycles. The van der Waals surface area contributed by atoms with Gasteiger partial charge in [-0.05, 0) is 0 Å². The van der Waals surface area contributed by atoms with Crippen molar-refractivity contribution in [1.82, 2.24) is 4.90 Å². The van der Waals surface area contributed by atoms with Crippen molar-refractivity contribution in [2.75, 3.05) is 18.0 Å². The molecule has 0 saturated heterocycles. The van der Waals surface area contributed by atoms with Gasteiger partial charge in [0.2, 0.25) is 5.91 Å². The van der Waals surface area contributed by atoms with Crippen LogP contribution in [0, 0.1) is 0 Å². The molecule has 0 aliphatic rings. The molecule has 0 fully saturated rings. The molecule has 58 valence electrons. The van der Waals surface area contributed by atoms with Crippen molar-refractivity contribution < 1.29 is 4.79 Å². The highest BCUT2D eigenvalue weighted by atomic mass is 127. The van der Waals surface area contributed by atoms with Gasteiger partial charge in [-0.1, -0.05) is 34.7 Å². The Labute approximate surface area is 75.4 Å². The van der Waals surface area contributed by atoms with Crippen LogP contribution in [0.5, 0.6) is 0 Å². The van der Waals surface area contributed by atoms with Gasteiger partial charge in [-0.3, -0.25) is 4.79 Å². The first-order valence-electron chi connectivity index (χ1n) is 3.11. The zero-order chi connectivity index (χ0) is 7.98. The second-order valence-corrected chi connectivity index (χ2v) is 2.91. The molecule has 0 N–H and O–H groups in total. The molecule has 0 aliphatic heterocycles. The van der Waals surface area contributed by atoms with Crippen molar-refractivity contribution in [3.8, 4) is 0 Å². The van der Waals surface area contributed by atoms with E-state index in [-0.39, 0.29) is 5.91 Å². The second-order valence-electron chi connectivity index (χ2n) is 2.03. The van der Waals surface area contributed by atoms with Gasteiger partial charge in [0, 0.05) is 24.9 Å². The molecule has 2 nitrogen and oxygen atoms in total. The van der Waals surface area contributed by atoms with E-state index in [0.29, 0.717) is 0 Å². The average Bonchev–Trinajstić information content (AvgIpc) is 1.88. The van der Waals surface area contributed by atoms with Gasteiger partial charge >= 0.3 is 0 Å². The lowest BCUT2D eigenvalue weighted by Gasteiger charge is -2.10. The fourth-order valence-electron chi connectivity index (χ4n) is 0.424. The maximum atomic E-state index is 10.6. The Kier molecular flexibility index (Phi) is 5.67. The van der Waals surface area contributed by atoms with E-state index in [9.17, 15) is 4.79 Å². The molecular formula is C7H12INO. The Balaban J connectivity index is 3.48. The highest BCUT2D eigenvalue weighted by molar-refractivity contribution is 14.1. The van der Waals surface area contributed by atoms with Crippen LogP contribution in [0.4, 0.5) is 0 Å². The van der Waals surface area contributed by atoms with Crippen LogP contribution in [0.15, 0.2) is 12.2 Å². The molecule has 0 aromatic rings. The summed E-state index contributed by atoms with van der Waals surface area (Å²) in [6.45, 7) is 2.29. The zero-order valence-corrected chi connectivity index (χ0v) is 8.46. The summed E-state index contributed by atoms with van der Waals surface area (Å²) in [7, 11) is 1.79. The molecule has 0 saturated carbocycles. The monoisotopic (exact) mass is 253 g/mol. The van der Waals surface area contributed by atoms with Crippen LogP contribution in [0.2, 0.25) is 0 Å². The molecule has 0 aromatic carbocycles. The van der Waals surface area contributed by atoms with E-state index in [4.69, 9.17) is 0 Å². The number of rotatable bonds is 3. The molecule has 0 radical (unpaired) electrons. The number of halogens is 1. The number of alkyl halides is 1. The molecule has 0 aliphatic carbocycles. The van der Waals surface area contributed by atoms with E-state index in [1.54, 1.807) is 18.9 Å². The van der Waals surface area contributed by atoms with Crippen LogP contribution in [-0.2, 0) is 4.79 Å². The molecule has 0 rings (SSSR count). The Hall–Kier alpha value is -0.0600. The smallest absolute Gasteiger partial charge is 0.219 e. The minimum absolute atomic E-state index is 0.109. The minimum Gasteiger partial charge on any atom is -0.342 e. The molecule has 0 spiro atoms. The van der Waals surface area contributed by atoms with Crippen LogP contribution in [-0.4, -0.2) is 28.8 Å². The molecule has 1 amide bonds. The van der Waals surface area contributed by atoms with Crippen molar-refractivity contribution in [1.29, 1.82) is 0 Å². The molecule has 10 heavy (non-hydrogen) atoms. The number of nitrogens with zero attached hydrogens (tertiary/aromatic N) is 1. The quantitative estimate of drug-likeness (QED) is 0.423. The number of likely N-dealkylation sites (N-methyl/N-ethyl adjacent to an activating group) is 1. The molecule has 0 bridgehead atoms. The van der Waals surface area contributed by atoms with Crippen LogP contribution >= 0.6 is 22.6 Å². The van der Waals surface area contributed by atoms with E-state index in [1.165, 1.54) is 0 Å². The Bertz CT molecular complexity index is 134. The molecule has 0 unspecified atom stereocenters. The Morgan fingerprint density at radius 1 is 1.60 bits per heavy atom. The number of carbonyl (C=O) groups is 1. The fourth-order valence-corrected chi connectivity index (χ4v) is 0.784. The highest BCUT2D eigenvalue weighted by Crippen LogP contribution is 1.86. The Morgan fingerprint density at radius 2 is 2.20 bits per heavy atom. The van der Waals surface area contributed by atoms with Crippen molar-refractivity contribution in [2.45, 2.75) is 6.92 Å². The van der Waals surface area contributed by atoms with Crippen LogP contribution in [0.1, 0.15) is 6.92 Å². The number of amides is 1. The average molecular weight is 253 g/mol. The highest BCUT2D eigenvalue weighted by Gasteiger charge is 1.95.